The minimum atomic E-state index is 0. The van der Waals surface area contributed by atoms with E-state index >= 15 is 0 Å². The third kappa shape index (κ3) is 8.05. The molecule has 1 aromatic heterocycles. The van der Waals surface area contributed by atoms with Crippen LogP contribution in [0.1, 0.15) is 36.8 Å². The molecule has 2 N–H and O–H groups in total. The van der Waals surface area contributed by atoms with Crippen LogP contribution in [0.4, 0.5) is 0 Å². The first-order valence-electron chi connectivity index (χ1n) is 9.25. The first-order valence-corrected chi connectivity index (χ1v) is 9.25. The Hall–Kier alpha value is -1.81. The van der Waals surface area contributed by atoms with E-state index in [4.69, 9.17) is 9.26 Å². The zero-order valence-corrected chi connectivity index (χ0v) is 19.7. The zero-order valence-electron chi connectivity index (χ0n) is 17.4. The van der Waals surface area contributed by atoms with Gasteiger partial charge in [0.15, 0.2) is 11.7 Å². The molecule has 0 spiro atoms. The summed E-state index contributed by atoms with van der Waals surface area (Å²) in [5.41, 5.74) is 2.04. The van der Waals surface area contributed by atoms with Gasteiger partial charge in [0.25, 0.3) is 0 Å². The van der Waals surface area contributed by atoms with Gasteiger partial charge in [-0.15, -0.1) is 24.0 Å². The number of guanidine groups is 1. The molecule has 156 valence electrons. The number of nitrogens with one attached hydrogen (secondary N) is 2. The Kier molecular flexibility index (Phi) is 10.9. The Labute approximate surface area is 184 Å². The Balaban J connectivity index is 0.00000392. The molecular formula is C20H32IN5O2. The van der Waals surface area contributed by atoms with Gasteiger partial charge in [-0.25, -0.2) is 0 Å². The summed E-state index contributed by atoms with van der Waals surface area (Å²) < 4.78 is 11.3. The van der Waals surface area contributed by atoms with Crippen molar-refractivity contribution in [2.45, 2.75) is 32.9 Å². The molecule has 1 aromatic carbocycles. The number of hydrogen-bond donors (Lipinski definition) is 2. The molecule has 0 amide bonds. The maximum Gasteiger partial charge on any atom is 0.191 e. The van der Waals surface area contributed by atoms with E-state index in [1.807, 2.05) is 38.4 Å². The molecule has 0 saturated heterocycles. The highest BCUT2D eigenvalue weighted by molar-refractivity contribution is 14.0. The fraction of sp³-hybridized carbons (Fsp3) is 0.500. The topological polar surface area (TPSA) is 74.9 Å². The van der Waals surface area contributed by atoms with E-state index in [-0.39, 0.29) is 24.0 Å². The number of aliphatic imine (C=N–C) groups is 1. The van der Waals surface area contributed by atoms with Gasteiger partial charge in [0.2, 0.25) is 0 Å². The summed E-state index contributed by atoms with van der Waals surface area (Å²) in [7, 11) is 5.81. The van der Waals surface area contributed by atoms with Crippen LogP contribution in [0.25, 0.3) is 0 Å². The van der Waals surface area contributed by atoms with Crippen molar-refractivity contribution in [3.8, 4) is 5.75 Å². The van der Waals surface area contributed by atoms with E-state index in [9.17, 15) is 0 Å². The summed E-state index contributed by atoms with van der Waals surface area (Å²) in [6.45, 7) is 6.86. The van der Waals surface area contributed by atoms with Crippen LogP contribution < -0.4 is 15.4 Å². The lowest BCUT2D eigenvalue weighted by atomic mass is 10.1. The number of hydrogen-bond acceptors (Lipinski definition) is 5. The van der Waals surface area contributed by atoms with Crippen LogP contribution in [0.5, 0.6) is 5.75 Å². The van der Waals surface area contributed by atoms with E-state index in [1.54, 1.807) is 7.05 Å². The van der Waals surface area contributed by atoms with E-state index < -0.39 is 0 Å². The second-order valence-corrected chi connectivity index (χ2v) is 6.91. The van der Waals surface area contributed by atoms with E-state index in [1.165, 1.54) is 0 Å². The van der Waals surface area contributed by atoms with Crippen LogP contribution >= 0.6 is 24.0 Å². The van der Waals surface area contributed by atoms with Crippen molar-refractivity contribution in [1.82, 2.24) is 20.7 Å². The summed E-state index contributed by atoms with van der Waals surface area (Å²) in [4.78, 5) is 6.36. The van der Waals surface area contributed by atoms with Crippen LogP contribution in [0.3, 0.4) is 0 Å². The number of aromatic nitrogens is 1. The molecule has 1 heterocycles. The number of ether oxygens (including phenoxy) is 1. The highest BCUT2D eigenvalue weighted by atomic mass is 127. The third-order valence-electron chi connectivity index (χ3n) is 4.04. The Morgan fingerprint density at radius 3 is 2.57 bits per heavy atom. The van der Waals surface area contributed by atoms with Gasteiger partial charge >= 0.3 is 0 Å². The summed E-state index contributed by atoms with van der Waals surface area (Å²) in [6, 6.07) is 10.0. The smallest absolute Gasteiger partial charge is 0.191 e. The minimum Gasteiger partial charge on any atom is -0.492 e. The SMILES string of the molecule is CN=C(NCc1cc(C(C)C)no1)NCc1ccccc1OCCN(C)C.I. The monoisotopic (exact) mass is 501 g/mol. The molecule has 8 heteroatoms. The Bertz CT molecular complexity index is 731. The fourth-order valence-corrected chi connectivity index (χ4v) is 2.38. The van der Waals surface area contributed by atoms with Gasteiger partial charge in [-0.3, -0.25) is 4.99 Å². The van der Waals surface area contributed by atoms with Gasteiger partial charge in [-0.1, -0.05) is 37.2 Å². The number of likely N-dealkylation sites (N-methyl/N-ethyl adjacent to an activating group) is 1. The fourth-order valence-electron chi connectivity index (χ4n) is 2.38. The number of para-hydroxylation sites is 1. The third-order valence-corrected chi connectivity index (χ3v) is 4.04. The average molecular weight is 501 g/mol. The summed E-state index contributed by atoms with van der Waals surface area (Å²) in [6.07, 6.45) is 0. The van der Waals surface area contributed by atoms with Gasteiger partial charge in [0.05, 0.1) is 12.2 Å². The number of rotatable bonds is 9. The molecular weight excluding hydrogens is 469 g/mol. The van der Waals surface area contributed by atoms with Gasteiger partial charge in [-0.05, 0) is 26.1 Å². The number of nitrogens with zero attached hydrogens (tertiary/aromatic N) is 3. The normalized spacial score (nSPS) is 11.5. The second-order valence-electron chi connectivity index (χ2n) is 6.91. The molecule has 0 saturated carbocycles. The highest BCUT2D eigenvalue weighted by Crippen LogP contribution is 2.17. The lowest BCUT2D eigenvalue weighted by molar-refractivity contribution is 0.259. The molecule has 7 nitrogen and oxygen atoms in total. The van der Waals surface area contributed by atoms with Crippen molar-refractivity contribution in [3.05, 3.63) is 47.3 Å². The lowest BCUT2D eigenvalue weighted by Crippen LogP contribution is -2.36. The Morgan fingerprint density at radius 1 is 1.21 bits per heavy atom. The summed E-state index contributed by atoms with van der Waals surface area (Å²) >= 11 is 0. The first kappa shape index (κ1) is 24.2. The quantitative estimate of drug-likeness (QED) is 0.312. The molecule has 0 aliphatic carbocycles. The van der Waals surface area contributed by atoms with Crippen molar-refractivity contribution in [2.75, 3.05) is 34.3 Å². The molecule has 2 rings (SSSR count). The number of benzene rings is 1. The van der Waals surface area contributed by atoms with Crippen LogP contribution in [0.15, 0.2) is 39.8 Å². The Morgan fingerprint density at radius 2 is 1.93 bits per heavy atom. The maximum atomic E-state index is 5.90. The van der Waals surface area contributed by atoms with Crippen molar-refractivity contribution in [1.29, 1.82) is 0 Å². The first-order chi connectivity index (χ1) is 13.0. The molecule has 2 aromatic rings. The highest BCUT2D eigenvalue weighted by Gasteiger charge is 2.09. The minimum absolute atomic E-state index is 0. The largest absolute Gasteiger partial charge is 0.492 e. The molecule has 0 bridgehead atoms. The lowest BCUT2D eigenvalue weighted by Gasteiger charge is -2.15. The molecule has 0 fully saturated rings. The summed E-state index contributed by atoms with van der Waals surface area (Å²) in [5.74, 6) is 2.72. The van der Waals surface area contributed by atoms with E-state index in [2.05, 4.69) is 45.6 Å². The van der Waals surface area contributed by atoms with E-state index in [0.29, 0.717) is 31.6 Å². The molecule has 0 unspecified atom stereocenters. The van der Waals surface area contributed by atoms with Crippen molar-refractivity contribution < 1.29 is 9.26 Å². The molecule has 0 aliphatic rings. The van der Waals surface area contributed by atoms with Crippen LogP contribution in [-0.4, -0.2) is 50.3 Å². The molecule has 0 atom stereocenters. The number of halogens is 1. The average Bonchev–Trinajstić information content (AvgIpc) is 3.12. The van der Waals surface area contributed by atoms with Crippen molar-refractivity contribution >= 4 is 29.9 Å². The molecule has 0 radical (unpaired) electrons. The van der Waals surface area contributed by atoms with Crippen LogP contribution in [0.2, 0.25) is 0 Å². The predicted octanol–water partition coefficient (Wildman–Crippen LogP) is 3.22. The van der Waals surface area contributed by atoms with Crippen LogP contribution in [0, 0.1) is 0 Å². The predicted molar refractivity (Wildman–Crippen MR) is 124 cm³/mol. The summed E-state index contributed by atoms with van der Waals surface area (Å²) in [5, 5.41) is 10.6. The van der Waals surface area contributed by atoms with E-state index in [0.717, 1.165) is 29.3 Å². The maximum absolute atomic E-state index is 5.90. The van der Waals surface area contributed by atoms with Gasteiger partial charge < -0.3 is 24.8 Å². The van der Waals surface area contributed by atoms with Crippen LogP contribution in [-0.2, 0) is 13.1 Å². The zero-order chi connectivity index (χ0) is 19.6. The second kappa shape index (κ2) is 12.6. The van der Waals surface area contributed by atoms with Gasteiger partial charge in [0.1, 0.15) is 12.4 Å². The van der Waals surface area contributed by atoms with Crippen molar-refractivity contribution in [2.24, 2.45) is 4.99 Å². The molecule has 28 heavy (non-hydrogen) atoms. The standard InChI is InChI=1S/C20H31N5O2.HI/c1-15(2)18-12-17(27-24-18)14-23-20(21-3)22-13-16-8-6-7-9-19(16)26-11-10-25(4)5;/h6-9,12,15H,10-11,13-14H2,1-5H3,(H2,21,22,23);1H. The van der Waals surface area contributed by atoms with Crippen molar-refractivity contribution in [3.63, 3.8) is 0 Å². The van der Waals surface area contributed by atoms with Gasteiger partial charge in [-0.2, -0.15) is 0 Å². The van der Waals surface area contributed by atoms with Gasteiger partial charge in [0, 0.05) is 31.8 Å². The molecule has 0 aliphatic heterocycles.